The van der Waals surface area contributed by atoms with Gasteiger partial charge in [-0.3, -0.25) is 0 Å². The molecular formula is C16H18N2. The summed E-state index contributed by atoms with van der Waals surface area (Å²) in [5.74, 6) is 0.580. The normalized spacial score (nSPS) is 11.6. The average molecular weight is 238 g/mol. The number of aliphatic imine (C=N–C) groups is 1. The Morgan fingerprint density at radius 3 is 2.39 bits per heavy atom. The van der Waals surface area contributed by atoms with Crippen molar-refractivity contribution in [2.24, 2.45) is 10.7 Å². The summed E-state index contributed by atoms with van der Waals surface area (Å²) in [7, 11) is 0. The first-order valence-electron chi connectivity index (χ1n) is 6.20. The Morgan fingerprint density at radius 1 is 1.06 bits per heavy atom. The van der Waals surface area contributed by atoms with E-state index in [1.807, 2.05) is 42.5 Å². The van der Waals surface area contributed by atoms with Crippen molar-refractivity contribution in [2.45, 2.75) is 20.3 Å². The molecule has 18 heavy (non-hydrogen) atoms. The second kappa shape index (κ2) is 5.50. The van der Waals surface area contributed by atoms with Crippen LogP contribution in [0.4, 0.5) is 5.69 Å². The molecule has 2 aromatic rings. The number of nitrogens with zero attached hydrogens (tertiary/aromatic N) is 1. The van der Waals surface area contributed by atoms with E-state index < -0.39 is 0 Å². The topological polar surface area (TPSA) is 38.4 Å². The van der Waals surface area contributed by atoms with Gasteiger partial charge in [-0.15, -0.1) is 0 Å². The van der Waals surface area contributed by atoms with Gasteiger partial charge in [-0.1, -0.05) is 48.9 Å². The van der Waals surface area contributed by atoms with E-state index in [-0.39, 0.29) is 0 Å². The van der Waals surface area contributed by atoms with E-state index in [1.54, 1.807) is 0 Å². The van der Waals surface area contributed by atoms with E-state index in [0.29, 0.717) is 5.84 Å². The van der Waals surface area contributed by atoms with Crippen molar-refractivity contribution in [2.75, 3.05) is 0 Å². The molecule has 2 N–H and O–H groups in total. The molecule has 0 aliphatic rings. The van der Waals surface area contributed by atoms with Crippen LogP contribution < -0.4 is 5.73 Å². The molecule has 92 valence electrons. The van der Waals surface area contributed by atoms with Crippen molar-refractivity contribution in [1.82, 2.24) is 0 Å². The molecule has 0 atom stereocenters. The first-order chi connectivity index (χ1) is 8.70. The first kappa shape index (κ1) is 12.4. The lowest BCUT2D eigenvalue weighted by molar-refractivity contribution is 1.13. The summed E-state index contributed by atoms with van der Waals surface area (Å²) in [5, 5.41) is 0. The van der Waals surface area contributed by atoms with E-state index in [1.165, 1.54) is 11.1 Å². The maximum absolute atomic E-state index is 6.09. The van der Waals surface area contributed by atoms with Crippen molar-refractivity contribution >= 4 is 11.5 Å². The Balaban J connectivity index is 2.35. The highest BCUT2D eigenvalue weighted by atomic mass is 14.9. The van der Waals surface area contributed by atoms with Crippen LogP contribution in [0.2, 0.25) is 0 Å². The third kappa shape index (κ3) is 2.77. The van der Waals surface area contributed by atoms with Gasteiger partial charge in [0.2, 0.25) is 0 Å². The summed E-state index contributed by atoms with van der Waals surface area (Å²) in [6.07, 6.45) is 0.959. The molecule has 0 radical (unpaired) electrons. The molecule has 0 aliphatic heterocycles. The highest BCUT2D eigenvalue weighted by Crippen LogP contribution is 2.15. The van der Waals surface area contributed by atoms with Crippen LogP contribution in [0.1, 0.15) is 23.6 Å². The van der Waals surface area contributed by atoms with Gasteiger partial charge >= 0.3 is 0 Å². The summed E-state index contributed by atoms with van der Waals surface area (Å²) >= 11 is 0. The van der Waals surface area contributed by atoms with Gasteiger partial charge in [0.05, 0.1) is 5.69 Å². The predicted molar refractivity (Wildman–Crippen MR) is 77.4 cm³/mol. The van der Waals surface area contributed by atoms with Crippen LogP contribution >= 0.6 is 0 Å². The van der Waals surface area contributed by atoms with Gasteiger partial charge in [0.25, 0.3) is 0 Å². The summed E-state index contributed by atoms with van der Waals surface area (Å²) < 4.78 is 0. The number of hydrogen-bond donors (Lipinski definition) is 1. The molecular weight excluding hydrogens is 220 g/mol. The zero-order chi connectivity index (χ0) is 13.0. The summed E-state index contributed by atoms with van der Waals surface area (Å²) in [5.41, 5.74) is 10.5. The minimum Gasteiger partial charge on any atom is -0.383 e. The summed E-state index contributed by atoms with van der Waals surface area (Å²) in [6.45, 7) is 4.18. The second-order valence-corrected chi connectivity index (χ2v) is 4.34. The van der Waals surface area contributed by atoms with E-state index in [2.05, 4.69) is 24.9 Å². The molecule has 0 heterocycles. The first-order valence-corrected chi connectivity index (χ1v) is 6.20. The average Bonchev–Trinajstić information content (AvgIpc) is 2.41. The second-order valence-electron chi connectivity index (χ2n) is 4.34. The van der Waals surface area contributed by atoms with Crippen molar-refractivity contribution in [3.8, 4) is 0 Å². The standard InChI is InChI=1S/C16H18N2/c1-3-13-6-4-5-7-15(13)16(17)18-14-10-8-12(2)9-11-14/h4-11H,3H2,1-2H3,(H2,17,18). The van der Waals surface area contributed by atoms with Crippen LogP contribution in [0.5, 0.6) is 0 Å². The van der Waals surface area contributed by atoms with Gasteiger partial charge < -0.3 is 5.73 Å². The number of amidine groups is 1. The third-order valence-electron chi connectivity index (χ3n) is 2.96. The number of benzene rings is 2. The molecule has 0 saturated carbocycles. The molecule has 0 spiro atoms. The predicted octanol–water partition coefficient (Wildman–Crippen LogP) is 3.59. The Hall–Kier alpha value is -2.09. The molecule has 2 rings (SSSR count). The van der Waals surface area contributed by atoms with E-state index in [4.69, 9.17) is 5.73 Å². The van der Waals surface area contributed by atoms with Gasteiger partial charge in [0.15, 0.2) is 0 Å². The van der Waals surface area contributed by atoms with Crippen LogP contribution in [0.25, 0.3) is 0 Å². The smallest absolute Gasteiger partial charge is 0.131 e. The fourth-order valence-corrected chi connectivity index (χ4v) is 1.90. The quantitative estimate of drug-likeness (QED) is 0.644. The Kier molecular flexibility index (Phi) is 3.78. The van der Waals surface area contributed by atoms with Gasteiger partial charge in [0.1, 0.15) is 5.84 Å². The molecule has 0 saturated heterocycles. The maximum Gasteiger partial charge on any atom is 0.131 e. The van der Waals surface area contributed by atoms with E-state index >= 15 is 0 Å². The van der Waals surface area contributed by atoms with Crippen LogP contribution in [-0.2, 0) is 6.42 Å². The maximum atomic E-state index is 6.09. The minimum absolute atomic E-state index is 0.580. The number of aryl methyl sites for hydroxylation is 2. The third-order valence-corrected chi connectivity index (χ3v) is 2.96. The molecule has 0 amide bonds. The molecule has 2 aromatic carbocycles. The molecule has 0 bridgehead atoms. The monoisotopic (exact) mass is 238 g/mol. The summed E-state index contributed by atoms with van der Waals surface area (Å²) in [6, 6.07) is 16.2. The number of hydrogen-bond acceptors (Lipinski definition) is 1. The fraction of sp³-hybridized carbons (Fsp3) is 0.188. The minimum atomic E-state index is 0.580. The van der Waals surface area contributed by atoms with E-state index in [9.17, 15) is 0 Å². The van der Waals surface area contributed by atoms with Crippen LogP contribution in [0.15, 0.2) is 53.5 Å². The Bertz CT molecular complexity index is 554. The lowest BCUT2D eigenvalue weighted by Crippen LogP contribution is -2.15. The molecule has 2 nitrogen and oxygen atoms in total. The highest BCUT2D eigenvalue weighted by molar-refractivity contribution is 6.00. The van der Waals surface area contributed by atoms with Crippen LogP contribution in [-0.4, -0.2) is 5.84 Å². The van der Waals surface area contributed by atoms with Crippen molar-refractivity contribution in [3.05, 3.63) is 65.2 Å². The zero-order valence-electron chi connectivity index (χ0n) is 10.9. The van der Waals surface area contributed by atoms with Gasteiger partial charge in [-0.2, -0.15) is 0 Å². The van der Waals surface area contributed by atoms with E-state index in [0.717, 1.165) is 17.7 Å². The number of nitrogens with two attached hydrogens (primary N) is 1. The lowest BCUT2D eigenvalue weighted by Gasteiger charge is -2.07. The highest BCUT2D eigenvalue weighted by Gasteiger charge is 2.03. The lowest BCUT2D eigenvalue weighted by atomic mass is 10.0. The van der Waals surface area contributed by atoms with Gasteiger partial charge in [-0.05, 0) is 31.0 Å². The molecule has 0 aliphatic carbocycles. The van der Waals surface area contributed by atoms with Crippen LogP contribution in [0, 0.1) is 6.92 Å². The number of rotatable bonds is 3. The zero-order valence-corrected chi connectivity index (χ0v) is 10.9. The fourth-order valence-electron chi connectivity index (χ4n) is 1.90. The van der Waals surface area contributed by atoms with Crippen LogP contribution in [0.3, 0.4) is 0 Å². The molecule has 2 heteroatoms. The van der Waals surface area contributed by atoms with Crippen molar-refractivity contribution in [3.63, 3.8) is 0 Å². The molecule has 0 fully saturated rings. The largest absolute Gasteiger partial charge is 0.383 e. The SMILES string of the molecule is CCc1ccccc1C(N)=Nc1ccc(C)cc1. The summed E-state index contributed by atoms with van der Waals surface area (Å²) in [4.78, 5) is 4.47. The molecule has 0 aromatic heterocycles. The Labute approximate surface area is 108 Å². The van der Waals surface area contributed by atoms with Crippen molar-refractivity contribution < 1.29 is 0 Å². The van der Waals surface area contributed by atoms with Gasteiger partial charge in [0, 0.05) is 5.56 Å². The van der Waals surface area contributed by atoms with Gasteiger partial charge in [-0.25, -0.2) is 4.99 Å². The van der Waals surface area contributed by atoms with Crippen molar-refractivity contribution in [1.29, 1.82) is 0 Å². The Morgan fingerprint density at radius 2 is 1.72 bits per heavy atom. The molecule has 0 unspecified atom stereocenters.